The first-order chi connectivity index (χ1) is 13.6. The first-order valence-corrected chi connectivity index (χ1v) is 8.64. The van der Waals surface area contributed by atoms with Crippen LogP contribution >= 0.6 is 11.6 Å². The Morgan fingerprint density at radius 2 is 1.83 bits per heavy atom. The highest BCUT2D eigenvalue weighted by molar-refractivity contribution is 6.30. The molecule has 1 N–H and O–H groups in total. The number of carbonyl (C=O) groups excluding carboxylic acids is 1. The van der Waals surface area contributed by atoms with E-state index in [9.17, 15) is 27.2 Å². The Balaban J connectivity index is 1.84. The van der Waals surface area contributed by atoms with Crippen molar-refractivity contribution in [2.45, 2.75) is 12.7 Å². The molecular formula is C20H13ClF4N2O2. The normalized spacial score (nSPS) is 11.3. The molecule has 3 aromatic rings. The molecule has 1 aromatic heterocycles. The average molecular weight is 425 g/mol. The molecule has 2 aromatic carbocycles. The Labute approximate surface area is 167 Å². The summed E-state index contributed by atoms with van der Waals surface area (Å²) in [6.45, 7) is 0.148. The van der Waals surface area contributed by atoms with Crippen LogP contribution in [0.2, 0.25) is 5.02 Å². The van der Waals surface area contributed by atoms with Crippen molar-refractivity contribution in [2.24, 2.45) is 0 Å². The molecule has 3 rings (SSSR count). The predicted octanol–water partition coefficient (Wildman–Crippen LogP) is 4.96. The first-order valence-electron chi connectivity index (χ1n) is 8.26. The second-order valence-electron chi connectivity index (χ2n) is 6.16. The molecule has 0 saturated carbocycles. The molecule has 150 valence electrons. The molecule has 0 aliphatic rings. The van der Waals surface area contributed by atoms with E-state index in [1.165, 1.54) is 22.9 Å². The third-order valence-electron chi connectivity index (χ3n) is 4.02. The first kappa shape index (κ1) is 20.6. The van der Waals surface area contributed by atoms with Gasteiger partial charge < -0.3 is 9.88 Å². The lowest BCUT2D eigenvalue weighted by molar-refractivity contribution is -0.139. The van der Waals surface area contributed by atoms with Gasteiger partial charge in [0.25, 0.3) is 11.5 Å². The monoisotopic (exact) mass is 424 g/mol. The van der Waals surface area contributed by atoms with Crippen molar-refractivity contribution in [3.05, 3.63) is 98.7 Å². The highest BCUT2D eigenvalue weighted by Gasteiger charge is 2.34. The van der Waals surface area contributed by atoms with Gasteiger partial charge in [-0.3, -0.25) is 9.59 Å². The zero-order valence-electron chi connectivity index (χ0n) is 14.6. The van der Waals surface area contributed by atoms with Crippen molar-refractivity contribution in [3.63, 3.8) is 0 Å². The van der Waals surface area contributed by atoms with Crippen LogP contribution < -0.4 is 10.9 Å². The van der Waals surface area contributed by atoms with Crippen LogP contribution in [0.25, 0.3) is 0 Å². The average Bonchev–Trinajstić information content (AvgIpc) is 2.64. The van der Waals surface area contributed by atoms with Crippen LogP contribution in [-0.2, 0) is 12.7 Å². The Kier molecular flexibility index (Phi) is 5.74. The number of rotatable bonds is 4. The van der Waals surface area contributed by atoms with Gasteiger partial charge in [-0.1, -0.05) is 23.7 Å². The summed E-state index contributed by atoms with van der Waals surface area (Å²) in [5.41, 5.74) is -1.31. The number of benzene rings is 2. The molecule has 0 saturated heterocycles. The number of anilines is 1. The quantitative estimate of drug-likeness (QED) is 0.602. The number of carbonyl (C=O) groups is 1. The van der Waals surface area contributed by atoms with Gasteiger partial charge in [0, 0.05) is 23.0 Å². The van der Waals surface area contributed by atoms with Gasteiger partial charge >= 0.3 is 6.18 Å². The topological polar surface area (TPSA) is 51.1 Å². The van der Waals surface area contributed by atoms with Crippen LogP contribution in [0, 0.1) is 5.82 Å². The van der Waals surface area contributed by atoms with E-state index in [4.69, 9.17) is 11.6 Å². The molecule has 0 spiro atoms. The fourth-order valence-corrected chi connectivity index (χ4v) is 2.86. The van der Waals surface area contributed by atoms with E-state index in [0.717, 1.165) is 11.6 Å². The fraction of sp³-hybridized carbons (Fsp3) is 0.100. The standard InChI is InChI=1S/C20H13ClF4N2O2/c21-14-3-1-2-12(8-14)10-27-11-13(4-7-18(27)28)19(29)26-15-5-6-17(22)16(9-15)20(23,24)25/h1-9,11H,10H2,(H,26,29). The Bertz CT molecular complexity index is 1130. The van der Waals surface area contributed by atoms with Crippen LogP contribution in [-0.4, -0.2) is 10.5 Å². The van der Waals surface area contributed by atoms with Crippen LogP contribution in [0.3, 0.4) is 0 Å². The van der Waals surface area contributed by atoms with E-state index in [1.807, 2.05) is 0 Å². The van der Waals surface area contributed by atoms with Crippen molar-refractivity contribution in [1.29, 1.82) is 0 Å². The van der Waals surface area contributed by atoms with Crippen molar-refractivity contribution < 1.29 is 22.4 Å². The SMILES string of the molecule is O=C(Nc1ccc(F)c(C(F)(F)F)c1)c1ccc(=O)n(Cc2cccc(Cl)c2)c1. The third-order valence-corrected chi connectivity index (χ3v) is 4.25. The van der Waals surface area contributed by atoms with E-state index < -0.39 is 23.5 Å². The molecule has 0 unspecified atom stereocenters. The van der Waals surface area contributed by atoms with Gasteiger partial charge in [-0.05, 0) is 42.0 Å². The van der Waals surface area contributed by atoms with E-state index in [1.54, 1.807) is 24.3 Å². The zero-order chi connectivity index (χ0) is 21.2. The Morgan fingerprint density at radius 1 is 1.07 bits per heavy atom. The maximum absolute atomic E-state index is 13.4. The lowest BCUT2D eigenvalue weighted by Gasteiger charge is -2.12. The van der Waals surface area contributed by atoms with Crippen LogP contribution in [0.5, 0.6) is 0 Å². The maximum atomic E-state index is 13.4. The molecular weight excluding hydrogens is 412 g/mol. The number of aromatic nitrogens is 1. The summed E-state index contributed by atoms with van der Waals surface area (Å²) in [5, 5.41) is 2.76. The van der Waals surface area contributed by atoms with Crippen molar-refractivity contribution in [1.82, 2.24) is 4.57 Å². The minimum Gasteiger partial charge on any atom is -0.322 e. The molecule has 4 nitrogen and oxygen atoms in total. The largest absolute Gasteiger partial charge is 0.419 e. The molecule has 0 radical (unpaired) electrons. The second kappa shape index (κ2) is 8.08. The summed E-state index contributed by atoms with van der Waals surface area (Å²) >= 11 is 5.92. The molecule has 29 heavy (non-hydrogen) atoms. The van der Waals surface area contributed by atoms with E-state index >= 15 is 0 Å². The predicted molar refractivity (Wildman–Crippen MR) is 101 cm³/mol. The number of hydrogen-bond acceptors (Lipinski definition) is 2. The highest BCUT2D eigenvalue weighted by atomic mass is 35.5. The Hall–Kier alpha value is -3.13. The molecule has 0 bridgehead atoms. The molecule has 9 heteroatoms. The van der Waals surface area contributed by atoms with E-state index in [-0.39, 0.29) is 23.4 Å². The van der Waals surface area contributed by atoms with Gasteiger partial charge in [-0.25, -0.2) is 4.39 Å². The third kappa shape index (κ3) is 5.03. The summed E-state index contributed by atoms with van der Waals surface area (Å²) < 4.78 is 53.1. The van der Waals surface area contributed by atoms with Gasteiger partial charge in [-0.2, -0.15) is 13.2 Å². The summed E-state index contributed by atoms with van der Waals surface area (Å²) in [7, 11) is 0. The number of nitrogens with zero attached hydrogens (tertiary/aromatic N) is 1. The second-order valence-corrected chi connectivity index (χ2v) is 6.60. The number of halogens is 5. The molecule has 1 amide bonds. The van der Waals surface area contributed by atoms with Crippen LogP contribution in [0.1, 0.15) is 21.5 Å². The van der Waals surface area contributed by atoms with Crippen molar-refractivity contribution >= 4 is 23.2 Å². The molecule has 0 aliphatic heterocycles. The molecule has 0 aliphatic carbocycles. The minimum absolute atomic E-state index is 0.0458. The van der Waals surface area contributed by atoms with Crippen LogP contribution in [0.15, 0.2) is 65.6 Å². The lowest BCUT2D eigenvalue weighted by Crippen LogP contribution is -2.22. The number of hydrogen-bond donors (Lipinski definition) is 1. The van der Waals surface area contributed by atoms with Crippen molar-refractivity contribution in [3.8, 4) is 0 Å². The summed E-state index contributed by atoms with van der Waals surface area (Å²) in [6, 6.07) is 11.4. The summed E-state index contributed by atoms with van der Waals surface area (Å²) in [6.07, 6.45) is -3.61. The van der Waals surface area contributed by atoms with E-state index in [2.05, 4.69) is 5.32 Å². The highest BCUT2D eigenvalue weighted by Crippen LogP contribution is 2.33. The number of amides is 1. The van der Waals surface area contributed by atoms with Gasteiger partial charge in [0.15, 0.2) is 0 Å². The van der Waals surface area contributed by atoms with Gasteiger partial charge in [0.2, 0.25) is 0 Å². The number of alkyl halides is 3. The number of nitrogens with one attached hydrogen (secondary N) is 1. The molecule has 0 fully saturated rings. The Morgan fingerprint density at radius 3 is 2.52 bits per heavy atom. The summed E-state index contributed by atoms with van der Waals surface area (Å²) in [5.74, 6) is -2.19. The van der Waals surface area contributed by atoms with E-state index in [0.29, 0.717) is 17.2 Å². The summed E-state index contributed by atoms with van der Waals surface area (Å²) in [4.78, 5) is 24.5. The van der Waals surface area contributed by atoms with Crippen molar-refractivity contribution in [2.75, 3.05) is 5.32 Å². The van der Waals surface area contributed by atoms with Gasteiger partial charge in [-0.15, -0.1) is 0 Å². The zero-order valence-corrected chi connectivity index (χ0v) is 15.4. The van der Waals surface area contributed by atoms with Crippen LogP contribution in [0.4, 0.5) is 23.2 Å². The molecule has 1 heterocycles. The van der Waals surface area contributed by atoms with Gasteiger partial charge in [0.05, 0.1) is 17.7 Å². The fourth-order valence-electron chi connectivity index (χ4n) is 2.64. The maximum Gasteiger partial charge on any atom is 0.419 e. The van der Waals surface area contributed by atoms with Gasteiger partial charge in [0.1, 0.15) is 5.82 Å². The number of pyridine rings is 1. The smallest absolute Gasteiger partial charge is 0.322 e. The minimum atomic E-state index is -4.89. The lowest BCUT2D eigenvalue weighted by atomic mass is 10.1. The molecule has 0 atom stereocenters.